The topological polar surface area (TPSA) is 24.5 Å². The van der Waals surface area contributed by atoms with Crippen molar-refractivity contribution in [2.75, 3.05) is 39.8 Å². The lowest BCUT2D eigenvalue weighted by Crippen LogP contribution is -2.46. The van der Waals surface area contributed by atoms with Gasteiger partial charge in [0, 0.05) is 26.2 Å². The molecule has 1 rings (SSSR count). The van der Waals surface area contributed by atoms with Crippen LogP contribution in [0.25, 0.3) is 0 Å². The highest BCUT2D eigenvalue weighted by atomic mass is 16.5. The SMILES string of the molecule is C=CCCN1CCOC(CNC)C1. The fourth-order valence-corrected chi connectivity index (χ4v) is 1.61. The first-order valence-electron chi connectivity index (χ1n) is 4.96. The van der Waals surface area contributed by atoms with Gasteiger partial charge in [-0.25, -0.2) is 0 Å². The number of likely N-dealkylation sites (N-methyl/N-ethyl adjacent to an activating group) is 1. The van der Waals surface area contributed by atoms with Gasteiger partial charge in [0.15, 0.2) is 0 Å². The van der Waals surface area contributed by atoms with E-state index in [1.165, 1.54) is 0 Å². The molecule has 1 fully saturated rings. The lowest BCUT2D eigenvalue weighted by atomic mass is 10.2. The molecule has 1 aliphatic rings. The summed E-state index contributed by atoms with van der Waals surface area (Å²) in [5, 5.41) is 3.14. The molecule has 1 unspecified atom stereocenters. The van der Waals surface area contributed by atoms with Crippen molar-refractivity contribution in [1.29, 1.82) is 0 Å². The Labute approximate surface area is 80.8 Å². The van der Waals surface area contributed by atoms with Gasteiger partial charge in [0.1, 0.15) is 0 Å². The first-order valence-corrected chi connectivity index (χ1v) is 4.96. The number of hydrogen-bond donors (Lipinski definition) is 1. The second kappa shape index (κ2) is 6.13. The average molecular weight is 184 g/mol. The standard InChI is InChI=1S/C10H20N2O/c1-3-4-5-12-6-7-13-10(9-12)8-11-2/h3,10-11H,1,4-9H2,2H3. The molecular weight excluding hydrogens is 164 g/mol. The Bertz CT molecular complexity index is 148. The Kier molecular flexibility index (Phi) is 5.05. The summed E-state index contributed by atoms with van der Waals surface area (Å²) in [4.78, 5) is 2.44. The van der Waals surface area contributed by atoms with Gasteiger partial charge in [0.05, 0.1) is 12.7 Å². The molecule has 0 amide bonds. The normalized spacial score (nSPS) is 24.5. The largest absolute Gasteiger partial charge is 0.374 e. The molecule has 3 nitrogen and oxygen atoms in total. The highest BCUT2D eigenvalue weighted by Crippen LogP contribution is 2.04. The number of hydrogen-bond acceptors (Lipinski definition) is 3. The molecule has 1 atom stereocenters. The Morgan fingerprint density at radius 1 is 1.69 bits per heavy atom. The minimum absolute atomic E-state index is 0.364. The molecule has 0 aromatic heterocycles. The Morgan fingerprint density at radius 2 is 2.54 bits per heavy atom. The number of nitrogens with zero attached hydrogens (tertiary/aromatic N) is 1. The van der Waals surface area contributed by atoms with Crippen molar-refractivity contribution in [3.8, 4) is 0 Å². The molecular formula is C10H20N2O. The van der Waals surface area contributed by atoms with Crippen LogP contribution in [0.4, 0.5) is 0 Å². The van der Waals surface area contributed by atoms with Crippen molar-refractivity contribution in [1.82, 2.24) is 10.2 Å². The van der Waals surface area contributed by atoms with Crippen LogP contribution in [0.3, 0.4) is 0 Å². The molecule has 0 aromatic rings. The molecule has 0 spiro atoms. The molecule has 0 aliphatic carbocycles. The predicted octanol–water partition coefficient (Wildman–Crippen LogP) is 0.483. The zero-order valence-electron chi connectivity index (χ0n) is 8.46. The highest BCUT2D eigenvalue weighted by Gasteiger charge is 2.18. The summed E-state index contributed by atoms with van der Waals surface area (Å²) in [6, 6.07) is 0. The molecule has 1 heterocycles. The Morgan fingerprint density at radius 3 is 3.23 bits per heavy atom. The fourth-order valence-electron chi connectivity index (χ4n) is 1.61. The zero-order valence-corrected chi connectivity index (χ0v) is 8.46. The van der Waals surface area contributed by atoms with Crippen LogP contribution in [0.1, 0.15) is 6.42 Å². The molecule has 0 aromatic carbocycles. The van der Waals surface area contributed by atoms with Crippen molar-refractivity contribution in [3.63, 3.8) is 0 Å². The van der Waals surface area contributed by atoms with Crippen LogP contribution >= 0.6 is 0 Å². The third-order valence-electron chi connectivity index (χ3n) is 2.30. The van der Waals surface area contributed by atoms with Crippen LogP contribution in [0.2, 0.25) is 0 Å². The van der Waals surface area contributed by atoms with Gasteiger partial charge >= 0.3 is 0 Å². The summed E-state index contributed by atoms with van der Waals surface area (Å²) in [5.74, 6) is 0. The fraction of sp³-hybridized carbons (Fsp3) is 0.800. The summed E-state index contributed by atoms with van der Waals surface area (Å²) in [6.45, 7) is 8.78. The highest BCUT2D eigenvalue weighted by molar-refractivity contribution is 4.76. The van der Waals surface area contributed by atoms with Crippen molar-refractivity contribution in [2.24, 2.45) is 0 Å². The monoisotopic (exact) mass is 184 g/mol. The van der Waals surface area contributed by atoms with E-state index in [4.69, 9.17) is 4.74 Å². The van der Waals surface area contributed by atoms with E-state index in [-0.39, 0.29) is 0 Å². The first kappa shape index (κ1) is 10.7. The number of ether oxygens (including phenoxy) is 1. The van der Waals surface area contributed by atoms with Crippen molar-refractivity contribution in [2.45, 2.75) is 12.5 Å². The maximum absolute atomic E-state index is 5.60. The van der Waals surface area contributed by atoms with E-state index in [0.717, 1.165) is 39.2 Å². The van der Waals surface area contributed by atoms with Gasteiger partial charge in [0.25, 0.3) is 0 Å². The maximum atomic E-state index is 5.60. The van der Waals surface area contributed by atoms with Crippen LogP contribution in [-0.4, -0.2) is 50.8 Å². The average Bonchev–Trinajstić information content (AvgIpc) is 2.16. The molecule has 1 saturated heterocycles. The van der Waals surface area contributed by atoms with E-state index in [9.17, 15) is 0 Å². The van der Waals surface area contributed by atoms with Crippen LogP contribution in [0, 0.1) is 0 Å². The number of nitrogens with one attached hydrogen (secondary N) is 1. The smallest absolute Gasteiger partial charge is 0.0826 e. The van der Waals surface area contributed by atoms with Crippen molar-refractivity contribution < 1.29 is 4.74 Å². The van der Waals surface area contributed by atoms with Crippen LogP contribution in [0.5, 0.6) is 0 Å². The predicted molar refractivity (Wildman–Crippen MR) is 54.9 cm³/mol. The molecule has 0 radical (unpaired) electrons. The van der Waals surface area contributed by atoms with Crippen LogP contribution in [0.15, 0.2) is 12.7 Å². The van der Waals surface area contributed by atoms with E-state index in [2.05, 4.69) is 16.8 Å². The third-order valence-corrected chi connectivity index (χ3v) is 2.30. The summed E-state index contributed by atoms with van der Waals surface area (Å²) < 4.78 is 5.60. The number of rotatable bonds is 5. The quantitative estimate of drug-likeness (QED) is 0.629. The molecule has 13 heavy (non-hydrogen) atoms. The third kappa shape index (κ3) is 3.89. The van der Waals surface area contributed by atoms with E-state index in [1.54, 1.807) is 0 Å². The maximum Gasteiger partial charge on any atom is 0.0826 e. The van der Waals surface area contributed by atoms with Crippen molar-refractivity contribution >= 4 is 0 Å². The van der Waals surface area contributed by atoms with Gasteiger partial charge in [0.2, 0.25) is 0 Å². The summed E-state index contributed by atoms with van der Waals surface area (Å²) in [7, 11) is 1.96. The van der Waals surface area contributed by atoms with Crippen LogP contribution in [-0.2, 0) is 4.74 Å². The molecule has 1 aliphatic heterocycles. The van der Waals surface area contributed by atoms with E-state index in [1.807, 2.05) is 13.1 Å². The lowest BCUT2D eigenvalue weighted by Gasteiger charge is -2.32. The first-order chi connectivity index (χ1) is 6.36. The molecule has 76 valence electrons. The second-order valence-electron chi connectivity index (χ2n) is 3.43. The molecule has 0 bridgehead atoms. The van der Waals surface area contributed by atoms with E-state index in [0.29, 0.717) is 6.10 Å². The minimum Gasteiger partial charge on any atom is -0.374 e. The van der Waals surface area contributed by atoms with Gasteiger partial charge in [-0.15, -0.1) is 6.58 Å². The Balaban J connectivity index is 2.20. The van der Waals surface area contributed by atoms with Gasteiger partial charge in [-0.2, -0.15) is 0 Å². The van der Waals surface area contributed by atoms with Gasteiger partial charge in [-0.05, 0) is 13.5 Å². The molecule has 1 N–H and O–H groups in total. The van der Waals surface area contributed by atoms with Gasteiger partial charge in [-0.3, -0.25) is 4.90 Å². The molecule has 3 heteroatoms. The number of morpholine rings is 1. The summed E-state index contributed by atoms with van der Waals surface area (Å²) in [6.07, 6.45) is 3.41. The van der Waals surface area contributed by atoms with Gasteiger partial charge in [-0.1, -0.05) is 6.08 Å². The minimum atomic E-state index is 0.364. The summed E-state index contributed by atoms with van der Waals surface area (Å²) in [5.41, 5.74) is 0. The second-order valence-corrected chi connectivity index (χ2v) is 3.43. The summed E-state index contributed by atoms with van der Waals surface area (Å²) >= 11 is 0. The van der Waals surface area contributed by atoms with Crippen molar-refractivity contribution in [3.05, 3.63) is 12.7 Å². The van der Waals surface area contributed by atoms with Gasteiger partial charge < -0.3 is 10.1 Å². The lowest BCUT2D eigenvalue weighted by molar-refractivity contribution is -0.0256. The van der Waals surface area contributed by atoms with E-state index >= 15 is 0 Å². The zero-order chi connectivity index (χ0) is 9.52. The van der Waals surface area contributed by atoms with Crippen LogP contribution < -0.4 is 5.32 Å². The molecule has 0 saturated carbocycles. The Hall–Kier alpha value is -0.380. The van der Waals surface area contributed by atoms with E-state index < -0.39 is 0 Å².